The van der Waals surface area contributed by atoms with Gasteiger partial charge in [-0.05, 0) is 0 Å². The predicted molar refractivity (Wildman–Crippen MR) is 54.0 cm³/mol. The standard InChI is InChI=1S/C10H10O3Te/c1-13-10(12)7-14-9-5-3-2-4-8(9)6-11/h2-6H,7H2,1H3. The summed E-state index contributed by atoms with van der Waals surface area (Å²) in [5.74, 6) is -0.201. The zero-order valence-electron chi connectivity index (χ0n) is 7.73. The Morgan fingerprint density at radius 1 is 1.50 bits per heavy atom. The summed E-state index contributed by atoms with van der Waals surface area (Å²) in [5.41, 5.74) is 0.693. The van der Waals surface area contributed by atoms with Crippen LogP contribution in [0.15, 0.2) is 24.3 Å². The average Bonchev–Trinajstić information content (AvgIpc) is 2.26. The molecule has 0 bridgehead atoms. The maximum atomic E-state index is 10.9. The molecular formula is C10H10O3Te. The Hall–Kier alpha value is -0.850. The second-order valence-electron chi connectivity index (χ2n) is 2.52. The Balaban J connectivity index is 2.66. The van der Waals surface area contributed by atoms with Gasteiger partial charge in [-0.25, -0.2) is 0 Å². The van der Waals surface area contributed by atoms with E-state index in [1.807, 2.05) is 18.2 Å². The molecule has 0 saturated heterocycles. The van der Waals surface area contributed by atoms with E-state index in [-0.39, 0.29) is 5.97 Å². The van der Waals surface area contributed by atoms with Gasteiger partial charge in [0.2, 0.25) is 0 Å². The summed E-state index contributed by atoms with van der Waals surface area (Å²) < 4.78 is 6.00. The van der Waals surface area contributed by atoms with E-state index >= 15 is 0 Å². The fraction of sp³-hybridized carbons (Fsp3) is 0.200. The van der Waals surface area contributed by atoms with Crippen molar-refractivity contribution in [3.63, 3.8) is 0 Å². The van der Waals surface area contributed by atoms with E-state index in [0.717, 1.165) is 9.90 Å². The number of hydrogen-bond donors (Lipinski definition) is 0. The Kier molecular flexibility index (Phi) is 4.64. The summed E-state index contributed by atoms with van der Waals surface area (Å²) >= 11 is -0.635. The Morgan fingerprint density at radius 3 is 2.86 bits per heavy atom. The van der Waals surface area contributed by atoms with Crippen molar-refractivity contribution in [3.8, 4) is 0 Å². The van der Waals surface area contributed by atoms with Crippen LogP contribution in [0.1, 0.15) is 10.4 Å². The fourth-order valence-corrected chi connectivity index (χ4v) is 3.33. The minimum atomic E-state index is -0.635. The number of benzene rings is 1. The zero-order chi connectivity index (χ0) is 10.4. The van der Waals surface area contributed by atoms with E-state index in [1.165, 1.54) is 7.11 Å². The first-order chi connectivity index (χ1) is 6.77. The van der Waals surface area contributed by atoms with Gasteiger partial charge in [0.05, 0.1) is 0 Å². The van der Waals surface area contributed by atoms with Crippen LogP contribution >= 0.6 is 0 Å². The number of esters is 1. The maximum absolute atomic E-state index is 10.9. The van der Waals surface area contributed by atoms with E-state index in [0.29, 0.717) is 10.0 Å². The Labute approximate surface area is 92.5 Å². The molecule has 0 unspecified atom stereocenters. The van der Waals surface area contributed by atoms with Gasteiger partial charge in [-0.3, -0.25) is 0 Å². The molecule has 0 N–H and O–H groups in total. The molecule has 74 valence electrons. The van der Waals surface area contributed by atoms with Crippen LogP contribution in [0.5, 0.6) is 0 Å². The molecule has 4 heteroatoms. The molecule has 0 aliphatic heterocycles. The third kappa shape index (κ3) is 3.13. The number of ether oxygens (including phenoxy) is 1. The van der Waals surface area contributed by atoms with E-state index in [1.54, 1.807) is 6.07 Å². The molecule has 1 aromatic rings. The van der Waals surface area contributed by atoms with Gasteiger partial charge in [0.25, 0.3) is 0 Å². The second kappa shape index (κ2) is 5.79. The third-order valence-corrected chi connectivity index (χ3v) is 4.65. The van der Waals surface area contributed by atoms with Crippen molar-refractivity contribution in [2.75, 3.05) is 7.11 Å². The SMILES string of the molecule is COC(=O)C[Te]c1ccccc1C=O. The van der Waals surface area contributed by atoms with E-state index in [9.17, 15) is 9.59 Å². The molecule has 0 aliphatic carbocycles. The van der Waals surface area contributed by atoms with Crippen molar-refractivity contribution < 1.29 is 14.3 Å². The minimum absolute atomic E-state index is 0.201. The van der Waals surface area contributed by atoms with E-state index in [2.05, 4.69) is 4.74 Å². The second-order valence-corrected chi connectivity index (χ2v) is 5.42. The first kappa shape index (κ1) is 11.2. The van der Waals surface area contributed by atoms with E-state index in [4.69, 9.17) is 0 Å². The molecule has 0 saturated carbocycles. The first-order valence-electron chi connectivity index (χ1n) is 4.01. The van der Waals surface area contributed by atoms with Gasteiger partial charge in [-0.1, -0.05) is 0 Å². The van der Waals surface area contributed by atoms with Gasteiger partial charge >= 0.3 is 92.5 Å². The monoisotopic (exact) mass is 308 g/mol. The molecule has 1 aromatic carbocycles. The normalized spacial score (nSPS) is 9.50. The van der Waals surface area contributed by atoms with Gasteiger partial charge in [0.15, 0.2) is 0 Å². The van der Waals surface area contributed by atoms with Gasteiger partial charge in [-0.15, -0.1) is 0 Å². The van der Waals surface area contributed by atoms with Crippen LogP contribution < -0.4 is 3.61 Å². The molecule has 3 nitrogen and oxygen atoms in total. The first-order valence-corrected chi connectivity index (χ1v) is 6.83. The summed E-state index contributed by atoms with van der Waals surface area (Å²) in [6.07, 6.45) is 0.831. The quantitative estimate of drug-likeness (QED) is 0.460. The molecule has 0 aliphatic rings. The van der Waals surface area contributed by atoms with Crippen LogP contribution in [-0.4, -0.2) is 40.3 Å². The number of methoxy groups -OCH3 is 1. The summed E-state index contributed by atoms with van der Waals surface area (Å²) in [7, 11) is 1.38. The van der Waals surface area contributed by atoms with Gasteiger partial charge in [0, 0.05) is 0 Å². The molecule has 0 atom stereocenters. The molecule has 0 fully saturated rings. The van der Waals surface area contributed by atoms with Crippen LogP contribution in [0.4, 0.5) is 0 Å². The molecule has 14 heavy (non-hydrogen) atoms. The molecule has 1 rings (SSSR count). The number of hydrogen-bond acceptors (Lipinski definition) is 3. The van der Waals surface area contributed by atoms with Crippen molar-refractivity contribution in [3.05, 3.63) is 29.8 Å². The molecule has 0 aromatic heterocycles. The van der Waals surface area contributed by atoms with Crippen LogP contribution in [0.2, 0.25) is 4.47 Å². The van der Waals surface area contributed by atoms with Crippen molar-refractivity contribution in [2.24, 2.45) is 0 Å². The van der Waals surface area contributed by atoms with Crippen molar-refractivity contribution >= 4 is 36.8 Å². The van der Waals surface area contributed by atoms with Crippen LogP contribution in [0, 0.1) is 0 Å². The summed E-state index contributed by atoms with van der Waals surface area (Å²) in [6, 6.07) is 7.36. The Morgan fingerprint density at radius 2 is 2.21 bits per heavy atom. The molecule has 0 amide bonds. The average molecular weight is 306 g/mol. The van der Waals surface area contributed by atoms with Crippen molar-refractivity contribution in [1.82, 2.24) is 0 Å². The van der Waals surface area contributed by atoms with Crippen molar-refractivity contribution in [2.45, 2.75) is 4.47 Å². The molecular weight excluding hydrogens is 296 g/mol. The third-order valence-electron chi connectivity index (χ3n) is 1.62. The van der Waals surface area contributed by atoms with Crippen LogP contribution in [0.25, 0.3) is 0 Å². The molecule has 0 heterocycles. The topological polar surface area (TPSA) is 43.4 Å². The van der Waals surface area contributed by atoms with Crippen molar-refractivity contribution in [1.29, 1.82) is 0 Å². The van der Waals surface area contributed by atoms with Crippen LogP contribution in [-0.2, 0) is 9.53 Å². The van der Waals surface area contributed by atoms with Gasteiger partial charge in [0.1, 0.15) is 0 Å². The Bertz CT molecular complexity index is 336. The zero-order valence-corrected chi connectivity index (χ0v) is 10.1. The van der Waals surface area contributed by atoms with Crippen LogP contribution in [0.3, 0.4) is 0 Å². The fourth-order valence-electron chi connectivity index (χ4n) is 0.905. The number of rotatable bonds is 4. The predicted octanol–water partition coefficient (Wildman–Crippen LogP) is 0.420. The molecule has 0 spiro atoms. The number of carbonyl (C=O) groups is 2. The van der Waals surface area contributed by atoms with Gasteiger partial charge < -0.3 is 0 Å². The summed E-state index contributed by atoms with van der Waals surface area (Å²) in [6.45, 7) is 0. The number of aldehydes is 1. The summed E-state index contributed by atoms with van der Waals surface area (Å²) in [4.78, 5) is 21.6. The molecule has 0 radical (unpaired) electrons. The summed E-state index contributed by atoms with van der Waals surface area (Å²) in [5, 5.41) is 0. The van der Waals surface area contributed by atoms with E-state index < -0.39 is 20.9 Å². The van der Waals surface area contributed by atoms with Gasteiger partial charge in [-0.2, -0.15) is 0 Å². The number of carbonyl (C=O) groups excluding carboxylic acids is 2.